The number of nitrogens with zero attached hydrogens (tertiary/aromatic N) is 4. The fourth-order valence-corrected chi connectivity index (χ4v) is 2.27. The van der Waals surface area contributed by atoms with Crippen LogP contribution in [0.5, 0.6) is 0 Å². The van der Waals surface area contributed by atoms with Crippen molar-refractivity contribution in [2.24, 2.45) is 0 Å². The highest BCUT2D eigenvalue weighted by atomic mass is 16.2. The lowest BCUT2D eigenvalue weighted by molar-refractivity contribution is 0.0787. The van der Waals surface area contributed by atoms with Crippen LogP contribution in [0.25, 0.3) is 0 Å². The molecular weight excluding hydrogens is 288 g/mol. The minimum absolute atomic E-state index is 0.0633. The Bertz CT molecular complexity index is 657. The number of para-hydroxylation sites is 1. The molecule has 0 radical (unpaired) electrons. The summed E-state index contributed by atoms with van der Waals surface area (Å²) in [6.07, 6.45) is 2.05. The van der Waals surface area contributed by atoms with Crippen molar-refractivity contribution in [3.05, 3.63) is 47.8 Å². The van der Waals surface area contributed by atoms with Crippen molar-refractivity contribution in [3.63, 3.8) is 0 Å². The number of hydrogen-bond acceptors (Lipinski definition) is 4. The molecule has 0 unspecified atom stereocenters. The van der Waals surface area contributed by atoms with Gasteiger partial charge < -0.3 is 9.80 Å². The predicted molar refractivity (Wildman–Crippen MR) is 93.1 cm³/mol. The van der Waals surface area contributed by atoms with Crippen molar-refractivity contribution >= 4 is 17.5 Å². The summed E-state index contributed by atoms with van der Waals surface area (Å²) in [5.74, 6) is 0.468. The molecule has 2 rings (SSSR count). The summed E-state index contributed by atoms with van der Waals surface area (Å²) in [5.41, 5.74) is 2.20. The predicted octanol–water partition coefficient (Wildman–Crippen LogP) is 3.43. The molecule has 0 spiro atoms. The maximum Gasteiger partial charge on any atom is 0.272 e. The molecular formula is C18H24N4O. The lowest BCUT2D eigenvalue weighted by Gasteiger charge is -2.20. The minimum atomic E-state index is -0.0633. The second kappa shape index (κ2) is 7.72. The minimum Gasteiger partial charge on any atom is -0.340 e. The summed E-state index contributed by atoms with van der Waals surface area (Å²) in [5, 5.41) is 0. The van der Waals surface area contributed by atoms with Crippen molar-refractivity contribution in [2.45, 2.75) is 26.7 Å². The quantitative estimate of drug-likeness (QED) is 0.820. The van der Waals surface area contributed by atoms with Crippen molar-refractivity contribution in [3.8, 4) is 0 Å². The van der Waals surface area contributed by atoms with Crippen LogP contribution in [0.1, 0.15) is 35.9 Å². The average Bonchev–Trinajstić information content (AvgIpc) is 2.58. The van der Waals surface area contributed by atoms with Gasteiger partial charge in [0.1, 0.15) is 5.69 Å². The molecule has 0 aliphatic rings. The lowest BCUT2D eigenvalue weighted by Crippen LogP contribution is -2.29. The van der Waals surface area contributed by atoms with Gasteiger partial charge in [-0.1, -0.05) is 31.5 Å². The molecule has 1 aromatic carbocycles. The molecule has 1 aromatic heterocycles. The van der Waals surface area contributed by atoms with E-state index in [0.717, 1.165) is 30.8 Å². The van der Waals surface area contributed by atoms with Gasteiger partial charge in [0.25, 0.3) is 5.91 Å². The second-order valence-corrected chi connectivity index (χ2v) is 5.67. The highest BCUT2D eigenvalue weighted by Crippen LogP contribution is 2.20. The summed E-state index contributed by atoms with van der Waals surface area (Å²) < 4.78 is 0. The van der Waals surface area contributed by atoms with Gasteiger partial charge >= 0.3 is 0 Å². The Morgan fingerprint density at radius 2 is 1.83 bits per heavy atom. The zero-order valence-electron chi connectivity index (χ0n) is 14.3. The zero-order valence-corrected chi connectivity index (χ0v) is 14.3. The Balaban J connectivity index is 2.27. The van der Waals surface area contributed by atoms with Crippen LogP contribution in [0.3, 0.4) is 0 Å². The average molecular weight is 312 g/mol. The molecule has 0 fully saturated rings. The maximum absolute atomic E-state index is 12.5. The van der Waals surface area contributed by atoms with Gasteiger partial charge in [0.05, 0.1) is 0 Å². The first-order valence-electron chi connectivity index (χ1n) is 7.93. The van der Waals surface area contributed by atoms with Crippen LogP contribution in [-0.2, 0) is 0 Å². The fraction of sp³-hybridized carbons (Fsp3) is 0.389. The van der Waals surface area contributed by atoms with Crippen LogP contribution < -0.4 is 4.90 Å². The van der Waals surface area contributed by atoms with E-state index in [-0.39, 0.29) is 5.91 Å². The third-order valence-electron chi connectivity index (χ3n) is 3.70. The van der Waals surface area contributed by atoms with E-state index in [0.29, 0.717) is 11.6 Å². The summed E-state index contributed by atoms with van der Waals surface area (Å²) in [6, 6.07) is 11.6. The van der Waals surface area contributed by atoms with Crippen LogP contribution in [0.15, 0.2) is 36.4 Å². The van der Waals surface area contributed by atoms with Gasteiger partial charge in [0.2, 0.25) is 5.95 Å². The first-order chi connectivity index (χ1) is 11.0. The van der Waals surface area contributed by atoms with E-state index in [2.05, 4.69) is 16.9 Å². The number of hydrogen-bond donors (Lipinski definition) is 0. The molecule has 0 saturated carbocycles. The molecule has 122 valence electrons. The van der Waals surface area contributed by atoms with E-state index < -0.39 is 0 Å². The SMILES string of the molecule is CCCCN(C)C(=O)c1cc(C)nc(N(C)c2ccccc2)n1. The normalized spacial score (nSPS) is 10.4. The number of aromatic nitrogens is 2. The van der Waals surface area contributed by atoms with Gasteiger partial charge in [-0.2, -0.15) is 0 Å². The Labute approximate surface area is 138 Å². The van der Waals surface area contributed by atoms with Crippen LogP contribution in [-0.4, -0.2) is 41.4 Å². The smallest absolute Gasteiger partial charge is 0.272 e. The number of rotatable bonds is 6. The van der Waals surface area contributed by atoms with Gasteiger partial charge in [-0.05, 0) is 31.5 Å². The van der Waals surface area contributed by atoms with Crippen LogP contribution in [0, 0.1) is 6.92 Å². The third-order valence-corrected chi connectivity index (χ3v) is 3.70. The first-order valence-corrected chi connectivity index (χ1v) is 7.93. The molecule has 2 aromatic rings. The van der Waals surface area contributed by atoms with Crippen molar-refractivity contribution < 1.29 is 4.79 Å². The first kappa shape index (κ1) is 16.9. The maximum atomic E-state index is 12.5. The molecule has 5 nitrogen and oxygen atoms in total. The highest BCUT2D eigenvalue weighted by molar-refractivity contribution is 5.92. The molecule has 0 atom stereocenters. The number of amides is 1. The topological polar surface area (TPSA) is 49.3 Å². The van der Waals surface area contributed by atoms with E-state index in [1.54, 1.807) is 11.0 Å². The number of benzene rings is 1. The number of carbonyl (C=O) groups excluding carboxylic acids is 1. The van der Waals surface area contributed by atoms with Crippen molar-refractivity contribution in [2.75, 3.05) is 25.5 Å². The van der Waals surface area contributed by atoms with E-state index >= 15 is 0 Å². The van der Waals surface area contributed by atoms with Gasteiger partial charge in [0.15, 0.2) is 0 Å². The molecule has 23 heavy (non-hydrogen) atoms. The summed E-state index contributed by atoms with van der Waals surface area (Å²) >= 11 is 0. The molecule has 0 saturated heterocycles. The number of carbonyl (C=O) groups is 1. The summed E-state index contributed by atoms with van der Waals surface area (Å²) in [4.78, 5) is 25.1. The van der Waals surface area contributed by atoms with E-state index in [1.165, 1.54) is 0 Å². The molecule has 0 aliphatic heterocycles. The second-order valence-electron chi connectivity index (χ2n) is 5.67. The zero-order chi connectivity index (χ0) is 16.8. The molecule has 0 aliphatic carbocycles. The lowest BCUT2D eigenvalue weighted by atomic mass is 10.2. The third kappa shape index (κ3) is 4.28. The number of aryl methyl sites for hydroxylation is 1. The number of anilines is 2. The van der Waals surface area contributed by atoms with Gasteiger partial charge in [0, 0.05) is 32.0 Å². The Kier molecular flexibility index (Phi) is 5.68. The molecule has 5 heteroatoms. The van der Waals surface area contributed by atoms with Crippen molar-refractivity contribution in [1.29, 1.82) is 0 Å². The Hall–Kier alpha value is -2.43. The fourth-order valence-electron chi connectivity index (χ4n) is 2.27. The Morgan fingerprint density at radius 1 is 1.13 bits per heavy atom. The summed E-state index contributed by atoms with van der Waals surface area (Å²) in [7, 11) is 3.72. The number of unbranched alkanes of at least 4 members (excludes halogenated alkanes) is 1. The van der Waals surface area contributed by atoms with Crippen LogP contribution in [0.4, 0.5) is 11.6 Å². The van der Waals surface area contributed by atoms with Gasteiger partial charge in [-0.25, -0.2) is 9.97 Å². The monoisotopic (exact) mass is 312 g/mol. The van der Waals surface area contributed by atoms with E-state index in [9.17, 15) is 4.79 Å². The van der Waals surface area contributed by atoms with Crippen LogP contribution in [0.2, 0.25) is 0 Å². The molecule has 1 amide bonds. The Morgan fingerprint density at radius 3 is 2.48 bits per heavy atom. The van der Waals surface area contributed by atoms with Crippen LogP contribution >= 0.6 is 0 Å². The van der Waals surface area contributed by atoms with Gasteiger partial charge in [-0.15, -0.1) is 0 Å². The van der Waals surface area contributed by atoms with E-state index in [1.807, 2.05) is 56.3 Å². The molecule has 0 N–H and O–H groups in total. The van der Waals surface area contributed by atoms with E-state index in [4.69, 9.17) is 0 Å². The summed E-state index contributed by atoms with van der Waals surface area (Å²) in [6.45, 7) is 4.73. The standard InChI is InChI=1S/C18H24N4O/c1-5-6-12-21(3)17(23)16-13-14(2)19-18(20-16)22(4)15-10-8-7-9-11-15/h7-11,13H,5-6,12H2,1-4H3. The molecule has 1 heterocycles. The largest absolute Gasteiger partial charge is 0.340 e. The van der Waals surface area contributed by atoms with Gasteiger partial charge in [-0.3, -0.25) is 4.79 Å². The van der Waals surface area contributed by atoms with Crippen molar-refractivity contribution in [1.82, 2.24) is 14.9 Å². The molecule has 0 bridgehead atoms. The highest BCUT2D eigenvalue weighted by Gasteiger charge is 2.16.